The van der Waals surface area contributed by atoms with Crippen molar-refractivity contribution in [2.45, 2.75) is 25.7 Å². The number of aryl methyl sites for hydroxylation is 2. The minimum Gasteiger partial charge on any atom is -0.324 e. The van der Waals surface area contributed by atoms with E-state index in [1.54, 1.807) is 37.3 Å². The van der Waals surface area contributed by atoms with Crippen LogP contribution in [0.2, 0.25) is 0 Å². The molecule has 3 rings (SSSR count). The molecule has 0 spiro atoms. The summed E-state index contributed by atoms with van der Waals surface area (Å²) in [4.78, 5) is 23.6. The number of anilines is 2. The molecule has 0 aromatic heterocycles. The summed E-state index contributed by atoms with van der Waals surface area (Å²) < 4.78 is 28.0. The zero-order valence-electron chi connectivity index (χ0n) is 17.9. The van der Waals surface area contributed by atoms with Gasteiger partial charge in [0.15, 0.2) is 0 Å². The van der Waals surface area contributed by atoms with Crippen LogP contribution in [0.3, 0.4) is 0 Å². The third kappa shape index (κ3) is 4.78. The van der Waals surface area contributed by atoms with Crippen LogP contribution in [0, 0.1) is 30.9 Å². The number of carbonyl (C=O) groups excluding carboxylic acids is 1. The van der Waals surface area contributed by atoms with Crippen molar-refractivity contribution in [2.75, 3.05) is 16.2 Å². The highest BCUT2D eigenvalue weighted by atomic mass is 32.2. The zero-order valence-corrected chi connectivity index (χ0v) is 18.7. The highest BCUT2D eigenvalue weighted by molar-refractivity contribution is 7.92. The molecule has 0 radical (unpaired) electrons. The first-order chi connectivity index (χ1) is 15.1. The maximum atomic E-state index is 13.5. The largest absolute Gasteiger partial charge is 0.324 e. The molecule has 0 saturated heterocycles. The quantitative estimate of drug-likeness (QED) is 0.422. The predicted molar refractivity (Wildman–Crippen MR) is 123 cm³/mol. The number of nitrogens with zero attached hydrogens (tertiary/aromatic N) is 2. The average molecular weight is 454 g/mol. The summed E-state index contributed by atoms with van der Waals surface area (Å²) in [5.74, 6) is -0.617. The van der Waals surface area contributed by atoms with Gasteiger partial charge in [-0.15, -0.1) is 0 Å². The van der Waals surface area contributed by atoms with Gasteiger partial charge in [-0.3, -0.25) is 19.2 Å². The fraction of sp³-hybridized carbons (Fsp3) is 0.174. The van der Waals surface area contributed by atoms with Crippen LogP contribution in [0.25, 0.3) is 0 Å². The Morgan fingerprint density at radius 2 is 1.69 bits per heavy atom. The lowest BCUT2D eigenvalue weighted by Crippen LogP contribution is -2.38. The molecule has 8 nitrogen and oxygen atoms in total. The lowest BCUT2D eigenvalue weighted by molar-refractivity contribution is -0.385. The molecule has 1 amide bonds. The molecule has 0 aliphatic carbocycles. The van der Waals surface area contributed by atoms with Crippen LogP contribution < -0.4 is 9.62 Å². The number of nitrogens with one attached hydrogen (secondary N) is 1. The predicted octanol–water partition coefficient (Wildman–Crippen LogP) is 4.35. The van der Waals surface area contributed by atoms with E-state index in [4.69, 9.17) is 0 Å². The topological polar surface area (TPSA) is 110 Å². The van der Waals surface area contributed by atoms with E-state index in [2.05, 4.69) is 5.32 Å². The first kappa shape index (κ1) is 23.0. The monoisotopic (exact) mass is 453 g/mol. The molecule has 1 N–H and O–H groups in total. The molecule has 9 heteroatoms. The van der Waals surface area contributed by atoms with Crippen molar-refractivity contribution in [3.8, 4) is 0 Å². The number of sulfonamides is 1. The van der Waals surface area contributed by atoms with Crippen LogP contribution in [0.1, 0.15) is 16.7 Å². The second kappa shape index (κ2) is 9.19. The Balaban J connectivity index is 2.00. The molecule has 0 heterocycles. The van der Waals surface area contributed by atoms with Gasteiger partial charge in [-0.05, 0) is 56.2 Å². The molecule has 0 bridgehead atoms. The van der Waals surface area contributed by atoms with Crippen LogP contribution >= 0.6 is 0 Å². The normalized spacial score (nSPS) is 11.1. The van der Waals surface area contributed by atoms with E-state index in [1.165, 1.54) is 37.3 Å². The summed E-state index contributed by atoms with van der Waals surface area (Å²) in [5, 5.41) is 13.8. The summed E-state index contributed by atoms with van der Waals surface area (Å²) in [7, 11) is -4.05. The van der Waals surface area contributed by atoms with Crippen LogP contribution in [0.5, 0.6) is 0 Å². The first-order valence-electron chi connectivity index (χ1n) is 9.80. The molecule has 3 aromatic carbocycles. The first-order valence-corrected chi connectivity index (χ1v) is 11.2. The highest BCUT2D eigenvalue weighted by Crippen LogP contribution is 2.29. The minimum atomic E-state index is -4.05. The van der Waals surface area contributed by atoms with Gasteiger partial charge in [0.1, 0.15) is 6.54 Å². The minimum absolute atomic E-state index is 0.0558. The Kier molecular flexibility index (Phi) is 6.59. The smallest absolute Gasteiger partial charge is 0.274 e. The molecule has 0 aliphatic heterocycles. The van der Waals surface area contributed by atoms with Gasteiger partial charge in [-0.2, -0.15) is 0 Å². The van der Waals surface area contributed by atoms with Crippen LogP contribution in [-0.2, 0) is 14.8 Å². The molecular formula is C23H23N3O5S. The lowest BCUT2D eigenvalue weighted by Gasteiger charge is -2.26. The van der Waals surface area contributed by atoms with Crippen molar-refractivity contribution in [1.82, 2.24) is 0 Å². The van der Waals surface area contributed by atoms with Crippen LogP contribution in [0.15, 0.2) is 71.6 Å². The number of benzene rings is 3. The van der Waals surface area contributed by atoms with Crippen molar-refractivity contribution >= 4 is 33.0 Å². The number of hydrogen-bond donors (Lipinski definition) is 1. The number of rotatable bonds is 7. The Labute approximate surface area is 186 Å². The summed E-state index contributed by atoms with van der Waals surface area (Å²) in [6.45, 7) is 4.63. The third-order valence-electron chi connectivity index (χ3n) is 5.03. The van der Waals surface area contributed by atoms with Gasteiger partial charge >= 0.3 is 0 Å². The maximum absolute atomic E-state index is 13.5. The SMILES string of the molecule is Cc1ccc(C)c(N(CC(=O)Nc2cccc([N+](=O)[O-])c2C)S(=O)(=O)c2ccccc2)c1. The van der Waals surface area contributed by atoms with E-state index < -0.39 is 27.4 Å². The van der Waals surface area contributed by atoms with Gasteiger partial charge in [0.05, 0.1) is 26.8 Å². The van der Waals surface area contributed by atoms with Gasteiger partial charge in [-0.1, -0.05) is 36.4 Å². The molecule has 0 fully saturated rings. The second-order valence-corrected chi connectivity index (χ2v) is 9.23. The Morgan fingerprint density at radius 3 is 2.34 bits per heavy atom. The van der Waals surface area contributed by atoms with E-state index in [9.17, 15) is 23.3 Å². The summed E-state index contributed by atoms with van der Waals surface area (Å²) in [5.41, 5.74) is 2.33. The van der Waals surface area contributed by atoms with Crippen molar-refractivity contribution in [2.24, 2.45) is 0 Å². The summed E-state index contributed by atoms with van der Waals surface area (Å²) >= 11 is 0. The Morgan fingerprint density at radius 1 is 1.00 bits per heavy atom. The van der Waals surface area contributed by atoms with Gasteiger partial charge in [0.2, 0.25) is 5.91 Å². The molecule has 0 unspecified atom stereocenters. The fourth-order valence-electron chi connectivity index (χ4n) is 3.28. The Hall–Kier alpha value is -3.72. The van der Waals surface area contributed by atoms with Crippen molar-refractivity contribution in [3.05, 3.63) is 93.5 Å². The van der Waals surface area contributed by atoms with Gasteiger partial charge in [-0.25, -0.2) is 8.42 Å². The summed E-state index contributed by atoms with van der Waals surface area (Å²) in [6.07, 6.45) is 0. The molecule has 166 valence electrons. The van der Waals surface area contributed by atoms with Crippen molar-refractivity contribution in [3.63, 3.8) is 0 Å². The van der Waals surface area contributed by atoms with E-state index in [1.807, 2.05) is 13.0 Å². The lowest BCUT2D eigenvalue weighted by atomic mass is 10.1. The van der Waals surface area contributed by atoms with E-state index in [0.29, 0.717) is 11.3 Å². The Bertz CT molecular complexity index is 1270. The molecule has 3 aromatic rings. The molecule has 0 aliphatic rings. The number of carbonyl (C=O) groups is 1. The number of amides is 1. The number of hydrogen-bond acceptors (Lipinski definition) is 5. The number of nitro groups is 1. The standard InChI is InChI=1S/C23H23N3O5S/c1-16-12-13-17(2)22(14-16)25(32(30,31)19-8-5-4-6-9-19)15-23(27)24-20-10-7-11-21(18(20)3)26(28)29/h4-14H,15H2,1-3H3,(H,24,27). The van der Waals surface area contributed by atoms with Crippen LogP contribution in [-0.4, -0.2) is 25.8 Å². The molecular weight excluding hydrogens is 430 g/mol. The van der Waals surface area contributed by atoms with E-state index in [0.717, 1.165) is 9.87 Å². The molecule has 0 atom stereocenters. The van der Waals surface area contributed by atoms with Crippen molar-refractivity contribution < 1.29 is 18.1 Å². The highest BCUT2D eigenvalue weighted by Gasteiger charge is 2.28. The zero-order chi connectivity index (χ0) is 23.5. The van der Waals surface area contributed by atoms with Gasteiger partial charge < -0.3 is 5.32 Å². The average Bonchev–Trinajstić information content (AvgIpc) is 2.75. The van der Waals surface area contributed by atoms with Gasteiger partial charge in [0.25, 0.3) is 15.7 Å². The van der Waals surface area contributed by atoms with Crippen molar-refractivity contribution in [1.29, 1.82) is 0 Å². The molecule has 0 saturated carbocycles. The molecule has 32 heavy (non-hydrogen) atoms. The maximum Gasteiger partial charge on any atom is 0.274 e. The van der Waals surface area contributed by atoms with E-state index in [-0.39, 0.29) is 21.8 Å². The second-order valence-electron chi connectivity index (χ2n) is 7.37. The van der Waals surface area contributed by atoms with Gasteiger partial charge in [0, 0.05) is 6.07 Å². The fourth-order valence-corrected chi connectivity index (χ4v) is 4.78. The third-order valence-corrected chi connectivity index (χ3v) is 6.80. The van der Waals surface area contributed by atoms with Crippen LogP contribution in [0.4, 0.5) is 17.1 Å². The summed E-state index contributed by atoms with van der Waals surface area (Å²) in [6, 6.07) is 17.6. The number of nitro benzene ring substituents is 1. The van der Waals surface area contributed by atoms with E-state index >= 15 is 0 Å².